The molecular formula is C18H16ClN3O3. The largest absolute Gasteiger partial charge is 0.508 e. The summed E-state index contributed by atoms with van der Waals surface area (Å²) in [5.41, 5.74) is 1.63. The van der Waals surface area contributed by atoms with Crippen LogP contribution in [0.5, 0.6) is 11.5 Å². The minimum absolute atomic E-state index is 0.0137. The van der Waals surface area contributed by atoms with Crippen LogP contribution in [0.3, 0.4) is 0 Å². The molecule has 6 nitrogen and oxygen atoms in total. The molecule has 0 heterocycles. The van der Waals surface area contributed by atoms with Gasteiger partial charge >= 0.3 is 0 Å². The predicted octanol–water partition coefficient (Wildman–Crippen LogP) is 3.82. The molecule has 3 N–H and O–H groups in total. The lowest BCUT2D eigenvalue weighted by Crippen LogP contribution is -2.14. The van der Waals surface area contributed by atoms with E-state index in [0.717, 1.165) is 5.56 Å². The van der Waals surface area contributed by atoms with Gasteiger partial charge in [-0.2, -0.15) is 5.26 Å². The summed E-state index contributed by atoms with van der Waals surface area (Å²) >= 11 is 6.05. The highest BCUT2D eigenvalue weighted by Gasteiger charge is 2.11. The van der Waals surface area contributed by atoms with E-state index in [0.29, 0.717) is 22.1 Å². The molecule has 0 saturated heterocycles. The molecule has 0 fully saturated rings. The Balaban J connectivity index is 2.19. The molecule has 0 aromatic heterocycles. The van der Waals surface area contributed by atoms with E-state index < -0.39 is 5.91 Å². The third kappa shape index (κ3) is 4.66. The average Bonchev–Trinajstić information content (AvgIpc) is 2.58. The number of benzene rings is 2. The number of aryl methyl sites for hydroxylation is 1. The van der Waals surface area contributed by atoms with Crippen LogP contribution < -0.4 is 15.4 Å². The van der Waals surface area contributed by atoms with Crippen LogP contribution in [0.4, 0.5) is 11.4 Å². The molecule has 2 aromatic rings. The highest BCUT2D eigenvalue weighted by molar-refractivity contribution is 6.31. The number of anilines is 2. The molecular weight excluding hydrogens is 342 g/mol. The van der Waals surface area contributed by atoms with Crippen LogP contribution in [-0.4, -0.2) is 18.1 Å². The van der Waals surface area contributed by atoms with Crippen molar-refractivity contribution in [2.75, 3.05) is 17.7 Å². The van der Waals surface area contributed by atoms with Crippen LogP contribution in [0, 0.1) is 18.3 Å². The molecule has 0 radical (unpaired) electrons. The quantitative estimate of drug-likeness (QED) is 0.558. The van der Waals surface area contributed by atoms with E-state index in [1.54, 1.807) is 24.3 Å². The first kappa shape index (κ1) is 18.2. The highest BCUT2D eigenvalue weighted by Crippen LogP contribution is 2.31. The molecule has 0 spiro atoms. The van der Waals surface area contributed by atoms with Crippen molar-refractivity contribution in [1.29, 1.82) is 5.26 Å². The van der Waals surface area contributed by atoms with E-state index in [2.05, 4.69) is 10.6 Å². The zero-order valence-corrected chi connectivity index (χ0v) is 14.4. The van der Waals surface area contributed by atoms with Crippen LogP contribution in [-0.2, 0) is 4.79 Å². The van der Waals surface area contributed by atoms with Gasteiger partial charge in [0.05, 0.1) is 12.8 Å². The number of halogens is 1. The number of aromatic hydroxyl groups is 1. The highest BCUT2D eigenvalue weighted by atomic mass is 35.5. The number of phenols is 1. The number of phenolic OH excluding ortho intramolecular Hbond substituents is 1. The van der Waals surface area contributed by atoms with Crippen LogP contribution in [0.2, 0.25) is 5.02 Å². The van der Waals surface area contributed by atoms with Gasteiger partial charge in [-0.1, -0.05) is 17.7 Å². The maximum atomic E-state index is 12.2. The summed E-state index contributed by atoms with van der Waals surface area (Å²) in [6.45, 7) is 1.83. The molecule has 0 atom stereocenters. The number of nitrogens with zero attached hydrogens (tertiary/aromatic N) is 1. The minimum atomic E-state index is -0.606. The Hall–Kier alpha value is -3.17. The molecule has 128 valence electrons. The number of rotatable bonds is 5. The Morgan fingerprint density at radius 2 is 2.12 bits per heavy atom. The minimum Gasteiger partial charge on any atom is -0.508 e. The standard InChI is InChI=1S/C18H16ClN3O3/c1-11-6-16(17(25-2)8-15(11)19)21-10-12(9-20)18(24)22-13-4-3-5-14(23)7-13/h3-8,10,21,23H,1-2H3,(H,22,24)/b12-10-. The molecule has 25 heavy (non-hydrogen) atoms. The van der Waals surface area contributed by atoms with Gasteiger partial charge in [-0.05, 0) is 30.7 Å². The topological polar surface area (TPSA) is 94.4 Å². The SMILES string of the molecule is COc1cc(Cl)c(C)cc1N/C=C(/C#N)C(=O)Nc1cccc(O)c1. The Kier molecular flexibility index (Phi) is 5.88. The molecule has 0 aliphatic heterocycles. The summed E-state index contributed by atoms with van der Waals surface area (Å²) in [5.74, 6) is -0.109. The fourth-order valence-corrected chi connectivity index (χ4v) is 2.18. The second-order valence-corrected chi connectivity index (χ2v) is 5.53. The van der Waals surface area contributed by atoms with Gasteiger partial charge in [0.2, 0.25) is 0 Å². The molecule has 0 aliphatic rings. The van der Waals surface area contributed by atoms with Crippen molar-refractivity contribution in [3.8, 4) is 17.6 Å². The second-order valence-electron chi connectivity index (χ2n) is 5.12. The summed E-state index contributed by atoms with van der Waals surface area (Å²) in [6.07, 6.45) is 1.28. The molecule has 1 amide bonds. The first-order chi connectivity index (χ1) is 11.9. The van der Waals surface area contributed by atoms with Crippen molar-refractivity contribution >= 4 is 28.9 Å². The number of hydrogen-bond acceptors (Lipinski definition) is 5. The molecule has 2 rings (SSSR count). The monoisotopic (exact) mass is 357 g/mol. The Morgan fingerprint density at radius 1 is 1.36 bits per heavy atom. The van der Waals surface area contributed by atoms with Gasteiger partial charge in [-0.25, -0.2) is 0 Å². The van der Waals surface area contributed by atoms with E-state index in [1.807, 2.05) is 13.0 Å². The van der Waals surface area contributed by atoms with Gasteiger partial charge in [0, 0.05) is 29.0 Å². The van der Waals surface area contributed by atoms with Crippen LogP contribution >= 0.6 is 11.6 Å². The smallest absolute Gasteiger partial charge is 0.267 e. The lowest BCUT2D eigenvalue weighted by molar-refractivity contribution is -0.112. The number of methoxy groups -OCH3 is 1. The number of carbonyl (C=O) groups excluding carboxylic acids is 1. The maximum Gasteiger partial charge on any atom is 0.267 e. The third-order valence-electron chi connectivity index (χ3n) is 3.32. The van der Waals surface area contributed by atoms with Gasteiger partial charge in [0.25, 0.3) is 5.91 Å². The Morgan fingerprint density at radius 3 is 2.76 bits per heavy atom. The third-order valence-corrected chi connectivity index (χ3v) is 3.73. The molecule has 0 saturated carbocycles. The van der Waals surface area contributed by atoms with E-state index in [1.165, 1.54) is 25.4 Å². The van der Waals surface area contributed by atoms with E-state index in [4.69, 9.17) is 16.3 Å². The Bertz CT molecular complexity index is 872. The lowest BCUT2D eigenvalue weighted by atomic mass is 10.2. The summed E-state index contributed by atoms with van der Waals surface area (Å²) in [7, 11) is 1.50. The first-order valence-electron chi connectivity index (χ1n) is 7.26. The van der Waals surface area contributed by atoms with Gasteiger partial charge in [0.15, 0.2) is 0 Å². The molecule has 0 bridgehead atoms. The fourth-order valence-electron chi connectivity index (χ4n) is 2.03. The van der Waals surface area contributed by atoms with Gasteiger partial charge in [-0.3, -0.25) is 4.79 Å². The van der Waals surface area contributed by atoms with Crippen molar-refractivity contribution in [1.82, 2.24) is 0 Å². The predicted molar refractivity (Wildman–Crippen MR) is 96.8 cm³/mol. The molecule has 0 aliphatic carbocycles. The van der Waals surface area contributed by atoms with Crippen molar-refractivity contribution in [2.24, 2.45) is 0 Å². The zero-order chi connectivity index (χ0) is 18.4. The fraction of sp³-hybridized carbons (Fsp3) is 0.111. The van der Waals surface area contributed by atoms with E-state index in [9.17, 15) is 15.2 Å². The lowest BCUT2D eigenvalue weighted by Gasteiger charge is -2.11. The molecule has 0 unspecified atom stereocenters. The summed E-state index contributed by atoms with van der Waals surface area (Å²) < 4.78 is 5.23. The normalized spacial score (nSPS) is 10.7. The second kappa shape index (κ2) is 8.08. The van der Waals surface area contributed by atoms with Gasteiger partial charge in [0.1, 0.15) is 23.1 Å². The molecule has 7 heteroatoms. The van der Waals surface area contributed by atoms with Crippen molar-refractivity contribution < 1.29 is 14.6 Å². The van der Waals surface area contributed by atoms with Crippen molar-refractivity contribution in [3.63, 3.8) is 0 Å². The number of nitriles is 1. The van der Waals surface area contributed by atoms with E-state index in [-0.39, 0.29) is 11.3 Å². The number of nitrogens with one attached hydrogen (secondary N) is 2. The Labute approximate surface area is 150 Å². The van der Waals surface area contributed by atoms with Crippen molar-refractivity contribution in [2.45, 2.75) is 6.92 Å². The van der Waals surface area contributed by atoms with Crippen molar-refractivity contribution in [3.05, 3.63) is 58.8 Å². The number of hydrogen-bond donors (Lipinski definition) is 3. The summed E-state index contributed by atoms with van der Waals surface area (Å²) in [5, 5.41) is 24.6. The van der Waals surface area contributed by atoms with Gasteiger partial charge < -0.3 is 20.5 Å². The summed E-state index contributed by atoms with van der Waals surface area (Å²) in [6, 6.07) is 11.3. The number of carbonyl (C=O) groups is 1. The van der Waals surface area contributed by atoms with Crippen LogP contribution in [0.1, 0.15) is 5.56 Å². The van der Waals surface area contributed by atoms with Gasteiger partial charge in [-0.15, -0.1) is 0 Å². The number of amides is 1. The average molecular weight is 358 g/mol. The first-order valence-corrected chi connectivity index (χ1v) is 7.63. The maximum absolute atomic E-state index is 12.2. The summed E-state index contributed by atoms with van der Waals surface area (Å²) in [4.78, 5) is 12.2. The zero-order valence-electron chi connectivity index (χ0n) is 13.6. The number of ether oxygens (including phenoxy) is 1. The van der Waals surface area contributed by atoms with Crippen LogP contribution in [0.25, 0.3) is 0 Å². The molecule has 2 aromatic carbocycles. The van der Waals surface area contributed by atoms with E-state index >= 15 is 0 Å². The van der Waals surface area contributed by atoms with Crippen LogP contribution in [0.15, 0.2) is 48.2 Å².